The van der Waals surface area contributed by atoms with Crippen LogP contribution < -0.4 is 0 Å². The number of carbonyl (C=O) groups is 1. The van der Waals surface area contributed by atoms with Crippen molar-refractivity contribution in [2.75, 3.05) is 26.7 Å². The fourth-order valence-corrected chi connectivity index (χ4v) is 2.21. The molecule has 86 valence electrons. The van der Waals surface area contributed by atoms with E-state index in [9.17, 15) is 13.6 Å². The SMILES string of the molecule is CN(CC(F)F)C(=O)N1CCC2(CC2)C1. The summed E-state index contributed by atoms with van der Waals surface area (Å²) in [5, 5.41) is 0. The Morgan fingerprint density at radius 2 is 2.13 bits per heavy atom. The lowest BCUT2D eigenvalue weighted by molar-refractivity contribution is 0.0972. The number of carbonyl (C=O) groups excluding carboxylic acids is 1. The number of nitrogens with zero attached hydrogens (tertiary/aromatic N) is 2. The van der Waals surface area contributed by atoms with Gasteiger partial charge in [-0.25, -0.2) is 13.6 Å². The summed E-state index contributed by atoms with van der Waals surface area (Å²) in [5.41, 5.74) is 0.362. The van der Waals surface area contributed by atoms with E-state index in [0.717, 1.165) is 24.4 Å². The average molecular weight is 218 g/mol. The maximum absolute atomic E-state index is 12.1. The van der Waals surface area contributed by atoms with Gasteiger partial charge in [0.25, 0.3) is 6.43 Å². The zero-order chi connectivity index (χ0) is 11.1. The van der Waals surface area contributed by atoms with Crippen molar-refractivity contribution in [2.45, 2.75) is 25.7 Å². The monoisotopic (exact) mass is 218 g/mol. The molecule has 2 rings (SSSR count). The molecule has 0 aromatic carbocycles. The molecule has 15 heavy (non-hydrogen) atoms. The van der Waals surface area contributed by atoms with E-state index in [1.165, 1.54) is 19.9 Å². The fraction of sp³-hybridized carbons (Fsp3) is 0.900. The Kier molecular flexibility index (Phi) is 2.56. The molecule has 0 aromatic heterocycles. The quantitative estimate of drug-likeness (QED) is 0.693. The van der Waals surface area contributed by atoms with Gasteiger partial charge < -0.3 is 9.80 Å². The van der Waals surface area contributed by atoms with E-state index in [2.05, 4.69) is 0 Å². The molecule has 2 aliphatic rings. The van der Waals surface area contributed by atoms with Gasteiger partial charge in [0.15, 0.2) is 0 Å². The molecule has 2 fully saturated rings. The summed E-state index contributed by atoms with van der Waals surface area (Å²) < 4.78 is 24.2. The van der Waals surface area contributed by atoms with Crippen molar-refractivity contribution < 1.29 is 13.6 Å². The maximum Gasteiger partial charge on any atom is 0.319 e. The van der Waals surface area contributed by atoms with Crippen LogP contribution in [0.5, 0.6) is 0 Å². The van der Waals surface area contributed by atoms with Gasteiger partial charge in [-0.15, -0.1) is 0 Å². The van der Waals surface area contributed by atoms with Crippen molar-refractivity contribution in [3.05, 3.63) is 0 Å². The summed E-state index contributed by atoms with van der Waals surface area (Å²) in [4.78, 5) is 14.5. The molecule has 1 saturated heterocycles. The highest BCUT2D eigenvalue weighted by atomic mass is 19.3. The van der Waals surface area contributed by atoms with Gasteiger partial charge in [0.1, 0.15) is 0 Å². The van der Waals surface area contributed by atoms with Crippen LogP contribution >= 0.6 is 0 Å². The highest BCUT2D eigenvalue weighted by Crippen LogP contribution is 2.52. The third-order valence-corrected chi connectivity index (χ3v) is 3.40. The first-order valence-corrected chi connectivity index (χ1v) is 5.31. The third kappa shape index (κ3) is 2.21. The van der Waals surface area contributed by atoms with Crippen LogP contribution in [0.2, 0.25) is 0 Å². The first kappa shape index (κ1) is 10.6. The molecule has 1 aliphatic carbocycles. The van der Waals surface area contributed by atoms with Crippen LogP contribution in [0.15, 0.2) is 0 Å². The zero-order valence-corrected chi connectivity index (χ0v) is 8.88. The Balaban J connectivity index is 1.85. The predicted molar refractivity (Wildman–Crippen MR) is 51.9 cm³/mol. The van der Waals surface area contributed by atoms with Gasteiger partial charge in [-0.3, -0.25) is 0 Å². The zero-order valence-electron chi connectivity index (χ0n) is 8.88. The van der Waals surface area contributed by atoms with Crippen LogP contribution in [0.1, 0.15) is 19.3 Å². The van der Waals surface area contributed by atoms with Crippen molar-refractivity contribution in [2.24, 2.45) is 5.41 Å². The van der Waals surface area contributed by atoms with E-state index in [1.54, 1.807) is 4.90 Å². The molecule has 0 atom stereocenters. The summed E-state index contributed by atoms with van der Waals surface area (Å²) in [6, 6.07) is -0.251. The van der Waals surface area contributed by atoms with E-state index in [4.69, 9.17) is 0 Å². The van der Waals surface area contributed by atoms with Crippen molar-refractivity contribution in [1.82, 2.24) is 9.80 Å². The Hall–Kier alpha value is -0.870. The van der Waals surface area contributed by atoms with Crippen LogP contribution in [-0.2, 0) is 0 Å². The van der Waals surface area contributed by atoms with E-state index in [0.29, 0.717) is 5.41 Å². The first-order valence-electron chi connectivity index (χ1n) is 5.31. The molecule has 1 saturated carbocycles. The molecule has 0 unspecified atom stereocenters. The molecule has 1 spiro atoms. The van der Waals surface area contributed by atoms with Gasteiger partial charge in [0.05, 0.1) is 6.54 Å². The molecule has 0 bridgehead atoms. The summed E-state index contributed by atoms with van der Waals surface area (Å²) >= 11 is 0. The lowest BCUT2D eigenvalue weighted by Crippen LogP contribution is -2.41. The molecule has 3 nitrogen and oxygen atoms in total. The molecule has 1 aliphatic heterocycles. The third-order valence-electron chi connectivity index (χ3n) is 3.40. The smallest absolute Gasteiger partial charge is 0.319 e. The second kappa shape index (κ2) is 3.61. The minimum absolute atomic E-state index is 0.251. The largest absolute Gasteiger partial charge is 0.324 e. The van der Waals surface area contributed by atoms with Crippen LogP contribution in [0.3, 0.4) is 0 Å². The van der Waals surface area contributed by atoms with Gasteiger partial charge in [-0.2, -0.15) is 0 Å². The Bertz CT molecular complexity index is 266. The number of alkyl halides is 2. The van der Waals surface area contributed by atoms with Gasteiger partial charge in [0, 0.05) is 20.1 Å². The molecule has 0 aromatic rings. The number of hydrogen-bond donors (Lipinski definition) is 0. The van der Waals surface area contributed by atoms with E-state index < -0.39 is 13.0 Å². The number of urea groups is 1. The average Bonchev–Trinajstić information content (AvgIpc) is 2.74. The molecule has 1 heterocycles. The van der Waals surface area contributed by atoms with E-state index in [1.807, 2.05) is 0 Å². The molecular formula is C10H16F2N2O. The topological polar surface area (TPSA) is 23.6 Å². The van der Waals surface area contributed by atoms with Gasteiger partial charge >= 0.3 is 6.03 Å². The van der Waals surface area contributed by atoms with Crippen molar-refractivity contribution in [3.8, 4) is 0 Å². The second-order valence-electron chi connectivity index (χ2n) is 4.73. The highest BCUT2D eigenvalue weighted by molar-refractivity contribution is 5.74. The standard InChI is InChI=1S/C10H16F2N2O/c1-13(6-8(11)12)9(15)14-5-4-10(7-14)2-3-10/h8H,2-7H2,1H3. The summed E-state index contributed by atoms with van der Waals surface area (Å²) in [7, 11) is 1.44. The molecule has 0 N–H and O–H groups in total. The van der Waals surface area contributed by atoms with Gasteiger partial charge in [-0.1, -0.05) is 0 Å². The molecule has 2 amide bonds. The van der Waals surface area contributed by atoms with E-state index in [-0.39, 0.29) is 6.03 Å². The Morgan fingerprint density at radius 3 is 2.60 bits per heavy atom. The summed E-state index contributed by atoms with van der Waals surface area (Å²) in [5.74, 6) is 0. The van der Waals surface area contributed by atoms with Crippen LogP contribution in [0.4, 0.5) is 13.6 Å². The highest BCUT2D eigenvalue weighted by Gasteiger charge is 2.49. The Labute approximate surface area is 88.0 Å². The molecule has 0 radical (unpaired) electrons. The minimum atomic E-state index is -2.45. The predicted octanol–water partition coefficient (Wildman–Crippen LogP) is 1.79. The van der Waals surface area contributed by atoms with Gasteiger partial charge in [0.2, 0.25) is 0 Å². The van der Waals surface area contributed by atoms with Gasteiger partial charge in [-0.05, 0) is 24.7 Å². The normalized spacial score (nSPS) is 22.5. The number of likely N-dealkylation sites (tertiary alicyclic amines) is 1. The lowest BCUT2D eigenvalue weighted by Gasteiger charge is -2.24. The number of hydrogen-bond acceptors (Lipinski definition) is 1. The minimum Gasteiger partial charge on any atom is -0.324 e. The van der Waals surface area contributed by atoms with Crippen molar-refractivity contribution in [3.63, 3.8) is 0 Å². The number of amides is 2. The van der Waals surface area contributed by atoms with Crippen molar-refractivity contribution in [1.29, 1.82) is 0 Å². The fourth-order valence-electron chi connectivity index (χ4n) is 2.21. The summed E-state index contributed by atoms with van der Waals surface area (Å²) in [6.07, 6.45) is 0.975. The summed E-state index contributed by atoms with van der Waals surface area (Å²) in [6.45, 7) is 1.02. The lowest BCUT2D eigenvalue weighted by atomic mass is 10.1. The first-order chi connectivity index (χ1) is 7.02. The van der Waals surface area contributed by atoms with Crippen LogP contribution in [0.25, 0.3) is 0 Å². The van der Waals surface area contributed by atoms with Crippen molar-refractivity contribution >= 4 is 6.03 Å². The maximum atomic E-state index is 12.1. The molecule has 5 heteroatoms. The van der Waals surface area contributed by atoms with Crippen LogP contribution in [-0.4, -0.2) is 48.9 Å². The number of rotatable bonds is 2. The number of halogens is 2. The van der Waals surface area contributed by atoms with E-state index >= 15 is 0 Å². The van der Waals surface area contributed by atoms with Crippen LogP contribution in [0, 0.1) is 5.41 Å². The molecular weight excluding hydrogens is 202 g/mol. The second-order valence-corrected chi connectivity index (χ2v) is 4.73. The Morgan fingerprint density at radius 1 is 1.47 bits per heavy atom.